The largest absolute Gasteiger partial charge is 0.382 e. The van der Waals surface area contributed by atoms with Crippen LogP contribution in [0.1, 0.15) is 47.0 Å². The first-order chi connectivity index (χ1) is 9.90. The fourth-order valence-electron chi connectivity index (χ4n) is 2.10. The zero-order valence-electron chi connectivity index (χ0n) is 13.5. The molecule has 2 N–H and O–H groups in total. The first-order valence-electron chi connectivity index (χ1n) is 7.77. The Kier molecular flexibility index (Phi) is 7.02. The lowest BCUT2D eigenvalue weighted by Gasteiger charge is -2.21. The van der Waals surface area contributed by atoms with E-state index in [4.69, 9.17) is 0 Å². The van der Waals surface area contributed by atoms with E-state index in [1.165, 1.54) is 6.42 Å². The van der Waals surface area contributed by atoms with E-state index in [0.717, 1.165) is 18.5 Å². The molecule has 0 aliphatic rings. The Morgan fingerprint density at radius 1 is 1.00 bits per heavy atom. The monoisotopic (exact) mass is 312 g/mol. The van der Waals surface area contributed by atoms with Gasteiger partial charge >= 0.3 is 0 Å². The highest BCUT2D eigenvalue weighted by Gasteiger charge is 2.11. The molecular weight excluding hydrogens is 284 g/mol. The molecule has 0 heterocycles. The molecule has 5 heteroatoms. The molecule has 0 saturated heterocycles. The third-order valence-electron chi connectivity index (χ3n) is 3.79. The van der Waals surface area contributed by atoms with Crippen LogP contribution < -0.4 is 10.0 Å². The van der Waals surface area contributed by atoms with Gasteiger partial charge in [0.1, 0.15) is 0 Å². The van der Waals surface area contributed by atoms with Gasteiger partial charge in [0.25, 0.3) is 0 Å². The fraction of sp³-hybridized carbons (Fsp3) is 0.625. The normalized spacial score (nSPS) is 14.5. The Balaban J connectivity index is 2.65. The second-order valence-corrected chi connectivity index (χ2v) is 7.59. The van der Waals surface area contributed by atoms with Crippen molar-refractivity contribution in [3.8, 4) is 0 Å². The van der Waals surface area contributed by atoms with E-state index < -0.39 is 10.0 Å². The molecule has 0 spiro atoms. The van der Waals surface area contributed by atoms with Gasteiger partial charge in [-0.05, 0) is 49.9 Å². The third kappa shape index (κ3) is 6.38. The van der Waals surface area contributed by atoms with Crippen molar-refractivity contribution in [1.29, 1.82) is 0 Å². The summed E-state index contributed by atoms with van der Waals surface area (Å²) in [7, 11) is -3.20. The number of rotatable bonds is 9. The minimum absolute atomic E-state index is 0.0832. The minimum atomic E-state index is -3.20. The van der Waals surface area contributed by atoms with Gasteiger partial charge in [-0.2, -0.15) is 0 Å². The van der Waals surface area contributed by atoms with Gasteiger partial charge < -0.3 is 5.32 Å². The van der Waals surface area contributed by atoms with E-state index in [1.54, 1.807) is 19.1 Å². The quantitative estimate of drug-likeness (QED) is 0.722. The van der Waals surface area contributed by atoms with Crippen molar-refractivity contribution in [3.63, 3.8) is 0 Å². The summed E-state index contributed by atoms with van der Waals surface area (Å²) in [6, 6.07) is 7.90. The van der Waals surface area contributed by atoms with Crippen LogP contribution in [0.15, 0.2) is 24.3 Å². The lowest BCUT2D eigenvalue weighted by atomic mass is 9.97. The number of anilines is 2. The second kappa shape index (κ2) is 8.27. The van der Waals surface area contributed by atoms with Crippen LogP contribution in [0.2, 0.25) is 0 Å². The van der Waals surface area contributed by atoms with Gasteiger partial charge in [0.05, 0.1) is 5.75 Å². The van der Waals surface area contributed by atoms with Crippen LogP contribution in [0, 0.1) is 5.92 Å². The first kappa shape index (κ1) is 17.8. The van der Waals surface area contributed by atoms with Gasteiger partial charge in [-0.15, -0.1) is 0 Å². The molecule has 1 aromatic carbocycles. The molecule has 2 atom stereocenters. The lowest BCUT2D eigenvalue weighted by Crippen LogP contribution is -2.21. The summed E-state index contributed by atoms with van der Waals surface area (Å²) in [5.41, 5.74) is 1.64. The highest BCUT2D eigenvalue weighted by atomic mass is 32.2. The van der Waals surface area contributed by atoms with Crippen molar-refractivity contribution in [2.75, 3.05) is 15.8 Å². The maximum absolute atomic E-state index is 11.5. The summed E-state index contributed by atoms with van der Waals surface area (Å²) in [6.45, 7) is 8.29. The van der Waals surface area contributed by atoms with Gasteiger partial charge in [0.15, 0.2) is 0 Å². The molecule has 0 bridgehead atoms. The Hall–Kier alpha value is -1.23. The molecule has 0 saturated carbocycles. The topological polar surface area (TPSA) is 58.2 Å². The van der Waals surface area contributed by atoms with Crippen molar-refractivity contribution in [2.45, 2.75) is 53.0 Å². The summed E-state index contributed by atoms with van der Waals surface area (Å²) in [5, 5.41) is 3.52. The Morgan fingerprint density at radius 2 is 1.57 bits per heavy atom. The zero-order valence-corrected chi connectivity index (χ0v) is 14.3. The van der Waals surface area contributed by atoms with E-state index >= 15 is 0 Å². The lowest BCUT2D eigenvalue weighted by molar-refractivity contribution is 0.462. The molecule has 0 radical (unpaired) electrons. The Labute approximate surface area is 129 Å². The van der Waals surface area contributed by atoms with E-state index in [9.17, 15) is 8.42 Å². The maximum atomic E-state index is 11.5. The van der Waals surface area contributed by atoms with Crippen LogP contribution in [0.4, 0.5) is 11.4 Å². The van der Waals surface area contributed by atoms with Crippen molar-refractivity contribution < 1.29 is 8.42 Å². The molecule has 120 valence electrons. The van der Waals surface area contributed by atoms with Crippen LogP contribution in [0.5, 0.6) is 0 Å². The minimum Gasteiger partial charge on any atom is -0.382 e. The van der Waals surface area contributed by atoms with E-state index in [1.807, 2.05) is 12.1 Å². The number of nitrogens with one attached hydrogen (secondary N) is 2. The van der Waals surface area contributed by atoms with Crippen molar-refractivity contribution in [1.82, 2.24) is 0 Å². The fourth-order valence-corrected chi connectivity index (χ4v) is 2.74. The van der Waals surface area contributed by atoms with Gasteiger partial charge in [-0.25, -0.2) is 8.42 Å². The summed E-state index contributed by atoms with van der Waals surface area (Å²) < 4.78 is 25.6. The molecule has 0 fully saturated rings. The van der Waals surface area contributed by atoms with Crippen molar-refractivity contribution in [2.24, 2.45) is 5.92 Å². The van der Waals surface area contributed by atoms with Crippen LogP contribution in [0.25, 0.3) is 0 Å². The molecule has 0 aromatic heterocycles. The predicted octanol–water partition coefficient (Wildman–Crippen LogP) is 4.07. The molecule has 0 aliphatic carbocycles. The maximum Gasteiger partial charge on any atom is 0.232 e. The molecule has 1 aromatic rings. The van der Waals surface area contributed by atoms with Crippen LogP contribution >= 0.6 is 0 Å². The molecular formula is C16H28N2O2S. The molecule has 1 rings (SSSR count). The van der Waals surface area contributed by atoms with Crippen molar-refractivity contribution in [3.05, 3.63) is 24.3 Å². The van der Waals surface area contributed by atoms with E-state index in [0.29, 0.717) is 17.6 Å². The van der Waals surface area contributed by atoms with Gasteiger partial charge in [-0.1, -0.05) is 27.2 Å². The average molecular weight is 312 g/mol. The smallest absolute Gasteiger partial charge is 0.232 e. The Bertz CT molecular complexity index is 512. The molecule has 4 nitrogen and oxygen atoms in total. The van der Waals surface area contributed by atoms with Gasteiger partial charge in [0.2, 0.25) is 10.0 Å². The number of sulfonamides is 1. The molecule has 21 heavy (non-hydrogen) atoms. The SMILES string of the molecule is CCC(C)CC(CC)Nc1ccc(NS(=O)(=O)CC)cc1. The molecule has 0 aliphatic heterocycles. The summed E-state index contributed by atoms with van der Waals surface area (Å²) in [4.78, 5) is 0. The predicted molar refractivity (Wildman–Crippen MR) is 91.3 cm³/mol. The van der Waals surface area contributed by atoms with Crippen LogP contribution in [-0.4, -0.2) is 20.2 Å². The second-order valence-electron chi connectivity index (χ2n) is 5.58. The van der Waals surface area contributed by atoms with Crippen LogP contribution in [0.3, 0.4) is 0 Å². The average Bonchev–Trinajstić information content (AvgIpc) is 2.48. The van der Waals surface area contributed by atoms with Gasteiger partial charge in [0, 0.05) is 17.4 Å². The van der Waals surface area contributed by atoms with Gasteiger partial charge in [-0.3, -0.25) is 4.72 Å². The van der Waals surface area contributed by atoms with Crippen LogP contribution in [-0.2, 0) is 10.0 Å². The molecule has 0 amide bonds. The number of hydrogen-bond acceptors (Lipinski definition) is 3. The summed E-state index contributed by atoms with van der Waals surface area (Å²) >= 11 is 0. The van der Waals surface area contributed by atoms with E-state index in [-0.39, 0.29) is 5.75 Å². The third-order valence-corrected chi connectivity index (χ3v) is 5.09. The summed E-state index contributed by atoms with van der Waals surface area (Å²) in [5.74, 6) is 0.790. The molecule has 2 unspecified atom stereocenters. The Morgan fingerprint density at radius 3 is 2.05 bits per heavy atom. The van der Waals surface area contributed by atoms with E-state index in [2.05, 4.69) is 30.8 Å². The number of hydrogen-bond donors (Lipinski definition) is 2. The first-order valence-corrected chi connectivity index (χ1v) is 9.42. The summed E-state index contributed by atoms with van der Waals surface area (Å²) in [6.07, 6.45) is 3.42. The number of benzene rings is 1. The standard InChI is InChI=1S/C16H28N2O2S/c1-5-13(4)12-14(6-2)17-15-8-10-16(11-9-15)18-21(19,20)7-3/h8-11,13-14,17-18H,5-7,12H2,1-4H3. The highest BCUT2D eigenvalue weighted by Crippen LogP contribution is 2.19. The highest BCUT2D eigenvalue weighted by molar-refractivity contribution is 7.92. The van der Waals surface area contributed by atoms with Crippen molar-refractivity contribution >= 4 is 21.4 Å². The zero-order chi connectivity index (χ0) is 15.9.